The first-order valence-corrected chi connectivity index (χ1v) is 7.72. The van der Waals surface area contributed by atoms with Crippen LogP contribution in [0.15, 0.2) is 18.2 Å². The van der Waals surface area contributed by atoms with Crippen LogP contribution in [0.25, 0.3) is 0 Å². The molecule has 0 saturated heterocycles. The minimum Gasteiger partial charge on any atom is -0.478 e. The van der Waals surface area contributed by atoms with Gasteiger partial charge in [0.25, 0.3) is 5.56 Å². The molecule has 0 fully saturated rings. The molecule has 0 aliphatic rings. The van der Waals surface area contributed by atoms with E-state index in [0.717, 1.165) is 5.56 Å². The lowest BCUT2D eigenvalue weighted by molar-refractivity contribution is -0.141. The molecule has 1 aromatic carbocycles. The minimum atomic E-state index is -1.45. The predicted molar refractivity (Wildman–Crippen MR) is 86.4 cm³/mol. The van der Waals surface area contributed by atoms with Gasteiger partial charge in [0.2, 0.25) is 0 Å². The standard InChI is InChI=1S/C16H22Cl2O3/c1-9(2)10(3)16(4,5)11-6-7-13(12(17)8-11)21-14(18)15(19)20/h6-10,14H,1-5H3,(H,19,20). The summed E-state index contributed by atoms with van der Waals surface area (Å²) in [4.78, 5) is 10.7. The summed E-state index contributed by atoms with van der Waals surface area (Å²) in [5.41, 5.74) is -0.415. The van der Waals surface area contributed by atoms with Gasteiger partial charge in [0.05, 0.1) is 5.02 Å². The Labute approximate surface area is 136 Å². The molecule has 0 radical (unpaired) electrons. The summed E-state index contributed by atoms with van der Waals surface area (Å²) in [7, 11) is 0. The summed E-state index contributed by atoms with van der Waals surface area (Å²) < 4.78 is 5.12. The molecule has 1 N–H and O–H groups in total. The van der Waals surface area contributed by atoms with Gasteiger partial charge in [0, 0.05) is 0 Å². The highest BCUT2D eigenvalue weighted by molar-refractivity contribution is 6.32. The van der Waals surface area contributed by atoms with Crippen LogP contribution in [-0.4, -0.2) is 16.6 Å². The maximum Gasteiger partial charge on any atom is 0.360 e. The van der Waals surface area contributed by atoms with Crippen molar-refractivity contribution in [1.82, 2.24) is 0 Å². The van der Waals surface area contributed by atoms with Crippen LogP contribution in [0, 0.1) is 11.8 Å². The molecular formula is C16H22Cl2O3. The fourth-order valence-electron chi connectivity index (χ4n) is 2.26. The quantitative estimate of drug-likeness (QED) is 0.750. The van der Waals surface area contributed by atoms with E-state index in [4.69, 9.17) is 33.0 Å². The van der Waals surface area contributed by atoms with Crippen LogP contribution < -0.4 is 4.74 Å². The second-order valence-corrected chi connectivity index (χ2v) is 6.98. The number of carboxylic acids is 1. The molecule has 2 atom stereocenters. The molecule has 0 saturated carbocycles. The van der Waals surface area contributed by atoms with Gasteiger partial charge >= 0.3 is 5.97 Å². The fraction of sp³-hybridized carbons (Fsp3) is 0.562. The number of hydrogen-bond acceptors (Lipinski definition) is 2. The Morgan fingerprint density at radius 1 is 1.29 bits per heavy atom. The monoisotopic (exact) mass is 332 g/mol. The van der Waals surface area contributed by atoms with Crippen molar-refractivity contribution in [3.05, 3.63) is 28.8 Å². The lowest BCUT2D eigenvalue weighted by atomic mass is 9.70. The van der Waals surface area contributed by atoms with E-state index in [0.29, 0.717) is 16.9 Å². The van der Waals surface area contributed by atoms with Crippen LogP contribution in [0.1, 0.15) is 40.2 Å². The van der Waals surface area contributed by atoms with Crippen molar-refractivity contribution in [2.45, 2.75) is 45.6 Å². The van der Waals surface area contributed by atoms with Gasteiger partial charge in [-0.3, -0.25) is 0 Å². The lowest BCUT2D eigenvalue weighted by Crippen LogP contribution is -2.30. The Morgan fingerprint density at radius 2 is 1.86 bits per heavy atom. The second kappa shape index (κ2) is 6.89. The van der Waals surface area contributed by atoms with Crippen LogP contribution in [-0.2, 0) is 10.2 Å². The van der Waals surface area contributed by atoms with Gasteiger partial charge in [0.15, 0.2) is 0 Å². The molecule has 118 valence electrons. The summed E-state index contributed by atoms with van der Waals surface area (Å²) in [5, 5.41) is 9.12. The Kier molecular flexibility index (Phi) is 5.94. The van der Waals surface area contributed by atoms with Crippen molar-refractivity contribution in [2.24, 2.45) is 11.8 Å². The largest absolute Gasteiger partial charge is 0.478 e. The summed E-state index contributed by atoms with van der Waals surface area (Å²) in [5.74, 6) is 0.0236. The van der Waals surface area contributed by atoms with Crippen molar-refractivity contribution >= 4 is 29.2 Å². The Hall–Kier alpha value is -0.930. The number of carbonyl (C=O) groups is 1. The average Bonchev–Trinajstić information content (AvgIpc) is 2.39. The SMILES string of the molecule is CC(C)C(C)C(C)(C)c1ccc(OC(Cl)C(=O)O)c(Cl)c1. The van der Waals surface area contributed by atoms with Crippen LogP contribution in [0.2, 0.25) is 5.02 Å². The zero-order valence-corrected chi connectivity index (χ0v) is 14.5. The third kappa shape index (κ3) is 4.27. The van der Waals surface area contributed by atoms with E-state index in [1.54, 1.807) is 6.07 Å². The molecule has 0 heterocycles. The van der Waals surface area contributed by atoms with Crippen LogP contribution in [0.5, 0.6) is 5.75 Å². The molecule has 0 aliphatic carbocycles. The lowest BCUT2D eigenvalue weighted by Gasteiger charge is -2.35. The molecule has 0 aromatic heterocycles. The normalized spacial score (nSPS) is 14.9. The highest BCUT2D eigenvalue weighted by atomic mass is 35.5. The Morgan fingerprint density at radius 3 is 2.29 bits per heavy atom. The third-order valence-electron chi connectivity index (χ3n) is 4.24. The maximum absolute atomic E-state index is 10.7. The van der Waals surface area contributed by atoms with Gasteiger partial charge in [-0.2, -0.15) is 0 Å². The van der Waals surface area contributed by atoms with E-state index in [2.05, 4.69) is 34.6 Å². The van der Waals surface area contributed by atoms with Crippen LogP contribution in [0.4, 0.5) is 0 Å². The van der Waals surface area contributed by atoms with E-state index >= 15 is 0 Å². The first-order valence-electron chi connectivity index (χ1n) is 6.91. The van der Waals surface area contributed by atoms with Gasteiger partial charge in [-0.15, -0.1) is 0 Å². The first kappa shape index (κ1) is 18.1. The van der Waals surface area contributed by atoms with Crippen LogP contribution >= 0.6 is 23.2 Å². The van der Waals surface area contributed by atoms with E-state index in [1.807, 2.05) is 12.1 Å². The molecular weight excluding hydrogens is 311 g/mol. The predicted octanol–water partition coefficient (Wildman–Crippen LogP) is 4.94. The molecule has 1 aromatic rings. The molecule has 2 unspecified atom stereocenters. The first-order chi connectivity index (χ1) is 9.57. The number of hydrogen-bond donors (Lipinski definition) is 1. The molecule has 0 aliphatic heterocycles. The van der Waals surface area contributed by atoms with Gasteiger partial charge in [-0.05, 0) is 34.9 Å². The van der Waals surface area contributed by atoms with E-state index in [1.165, 1.54) is 0 Å². The maximum atomic E-state index is 10.7. The Balaban J connectivity index is 3.04. The van der Waals surface area contributed by atoms with E-state index in [-0.39, 0.29) is 11.2 Å². The smallest absolute Gasteiger partial charge is 0.360 e. The topological polar surface area (TPSA) is 46.5 Å². The highest BCUT2D eigenvalue weighted by Crippen LogP contribution is 2.39. The van der Waals surface area contributed by atoms with Crippen molar-refractivity contribution < 1.29 is 14.6 Å². The molecule has 0 amide bonds. The highest BCUT2D eigenvalue weighted by Gasteiger charge is 2.30. The summed E-state index contributed by atoms with van der Waals surface area (Å²) >= 11 is 11.8. The summed E-state index contributed by atoms with van der Waals surface area (Å²) in [6.45, 7) is 10.9. The van der Waals surface area contributed by atoms with Gasteiger partial charge < -0.3 is 9.84 Å². The number of ether oxygens (including phenoxy) is 1. The van der Waals surface area contributed by atoms with Gasteiger partial charge in [-0.25, -0.2) is 4.79 Å². The molecule has 5 heteroatoms. The number of rotatable bonds is 6. The molecule has 1 rings (SSSR count). The Bertz CT molecular complexity index is 512. The molecule has 21 heavy (non-hydrogen) atoms. The van der Waals surface area contributed by atoms with E-state index in [9.17, 15) is 4.79 Å². The van der Waals surface area contributed by atoms with Crippen molar-refractivity contribution in [2.75, 3.05) is 0 Å². The number of benzene rings is 1. The fourth-order valence-corrected chi connectivity index (χ4v) is 2.58. The third-order valence-corrected chi connectivity index (χ3v) is 4.81. The minimum absolute atomic E-state index is 0.0521. The molecule has 3 nitrogen and oxygen atoms in total. The number of halogens is 2. The van der Waals surface area contributed by atoms with Gasteiger partial charge in [-0.1, -0.05) is 63.9 Å². The number of carboxylic acid groups (broad SMARTS) is 1. The number of alkyl halides is 1. The zero-order valence-electron chi connectivity index (χ0n) is 13.0. The summed E-state index contributed by atoms with van der Waals surface area (Å²) in [6.07, 6.45) is 0. The average molecular weight is 333 g/mol. The van der Waals surface area contributed by atoms with Crippen molar-refractivity contribution in [1.29, 1.82) is 0 Å². The van der Waals surface area contributed by atoms with Crippen molar-refractivity contribution in [3.63, 3.8) is 0 Å². The molecule has 0 spiro atoms. The molecule has 0 bridgehead atoms. The van der Waals surface area contributed by atoms with E-state index < -0.39 is 11.5 Å². The van der Waals surface area contributed by atoms with Gasteiger partial charge in [0.1, 0.15) is 5.75 Å². The summed E-state index contributed by atoms with van der Waals surface area (Å²) in [6, 6.07) is 5.40. The van der Waals surface area contributed by atoms with Crippen LogP contribution in [0.3, 0.4) is 0 Å². The second-order valence-electron chi connectivity index (χ2n) is 6.17. The zero-order chi connectivity index (χ0) is 16.4. The number of aliphatic carboxylic acids is 1. The van der Waals surface area contributed by atoms with Crippen molar-refractivity contribution in [3.8, 4) is 5.75 Å².